The molecule has 0 unspecified atom stereocenters. The summed E-state index contributed by atoms with van der Waals surface area (Å²) in [7, 11) is 0.0779. The van der Waals surface area contributed by atoms with Crippen molar-refractivity contribution in [3.63, 3.8) is 0 Å². The minimum absolute atomic E-state index is 0.0779. The number of alkyl halides is 3. The number of carboxylic acid groups (broad SMARTS) is 1. The van der Waals surface area contributed by atoms with E-state index < -0.39 is 30.9 Å². The van der Waals surface area contributed by atoms with Gasteiger partial charge in [0.05, 0.1) is 6.29 Å². The van der Waals surface area contributed by atoms with E-state index in [1.54, 1.807) is 0 Å². The fourth-order valence-corrected chi connectivity index (χ4v) is 1.38. The first-order chi connectivity index (χ1) is 6.29. The third kappa shape index (κ3) is 4.48. The van der Waals surface area contributed by atoms with Crippen LogP contribution in [0.15, 0.2) is 0 Å². The molecule has 0 aliphatic rings. The van der Waals surface area contributed by atoms with Crippen LogP contribution in [-0.4, -0.2) is 40.9 Å². The maximum atomic E-state index is 11.9. The largest absolute Gasteiger partial charge is 0.480 e. The van der Waals surface area contributed by atoms with Crippen LogP contribution in [0.4, 0.5) is 13.2 Å². The van der Waals surface area contributed by atoms with Crippen LogP contribution in [0, 0.1) is 0 Å². The quantitative estimate of drug-likeness (QED) is 0.747. The second-order valence-corrected chi connectivity index (χ2v) is 3.48. The van der Waals surface area contributed by atoms with E-state index in [9.17, 15) is 22.8 Å². The third-order valence-electron chi connectivity index (χ3n) is 1.08. The molecular weight excluding hydrogens is 242 g/mol. The van der Waals surface area contributed by atoms with Crippen LogP contribution in [0.5, 0.6) is 0 Å². The molecule has 0 saturated heterocycles. The summed E-state index contributed by atoms with van der Waals surface area (Å²) < 4.78 is 35.6. The highest BCUT2D eigenvalue weighted by molar-refractivity contribution is 7.96. The van der Waals surface area contributed by atoms with Crippen molar-refractivity contribution in [1.29, 1.82) is 0 Å². The summed E-state index contributed by atoms with van der Waals surface area (Å²) >= 11 is 4.34. The number of carboxylic acids is 1. The predicted molar refractivity (Wildman–Crippen MR) is 44.6 cm³/mol. The van der Waals surface area contributed by atoms with Gasteiger partial charge in [0.25, 0.3) is 0 Å². The van der Waals surface area contributed by atoms with Crippen molar-refractivity contribution in [2.24, 2.45) is 0 Å². The van der Waals surface area contributed by atoms with Gasteiger partial charge in [-0.3, -0.25) is 9.59 Å². The van der Waals surface area contributed by atoms with Crippen molar-refractivity contribution in [3.8, 4) is 0 Å². The van der Waals surface area contributed by atoms with Gasteiger partial charge in [0, 0.05) is 0 Å². The monoisotopic (exact) mass is 247 g/mol. The van der Waals surface area contributed by atoms with E-state index in [-0.39, 0.29) is 12.3 Å². The van der Waals surface area contributed by atoms with Crippen LogP contribution >= 0.6 is 7.36 Å². The lowest BCUT2D eigenvalue weighted by molar-refractivity contribution is -0.185. The number of amides is 1. The van der Waals surface area contributed by atoms with Gasteiger partial charge in [-0.05, 0) is 7.36 Å². The zero-order chi connectivity index (χ0) is 11.4. The Morgan fingerprint density at radius 2 is 1.93 bits per heavy atom. The van der Waals surface area contributed by atoms with Gasteiger partial charge in [-0.2, -0.15) is 13.2 Å². The summed E-state index contributed by atoms with van der Waals surface area (Å²) in [5.74, 6) is -3.70. The zero-order valence-electron chi connectivity index (χ0n) is 6.61. The zero-order valence-corrected chi connectivity index (χ0v) is 8.33. The fraction of sp³-hybridized carbons (Fsp3) is 0.600. The molecule has 80 valence electrons. The molecule has 0 aliphatic heterocycles. The van der Waals surface area contributed by atoms with Crippen molar-refractivity contribution in [3.05, 3.63) is 0 Å². The molecule has 0 radical (unpaired) electrons. The van der Waals surface area contributed by atoms with Gasteiger partial charge in [-0.25, -0.2) is 0 Å². The Morgan fingerprint density at radius 3 is 2.21 bits per heavy atom. The molecule has 0 atom stereocenters. The first kappa shape index (κ1) is 13.2. The lowest BCUT2D eigenvalue weighted by Gasteiger charge is -2.18. The van der Waals surface area contributed by atoms with Crippen molar-refractivity contribution >= 4 is 31.0 Å². The van der Waals surface area contributed by atoms with Crippen LogP contribution in [0.2, 0.25) is 0 Å². The summed E-state index contributed by atoms with van der Waals surface area (Å²) in [6.45, 7) is -0.998. The highest BCUT2D eigenvalue weighted by Crippen LogP contribution is 2.19. The van der Waals surface area contributed by atoms with E-state index in [2.05, 4.69) is 11.8 Å². The smallest absolute Gasteiger partial charge is 0.471 e. The van der Waals surface area contributed by atoms with E-state index in [4.69, 9.17) is 5.11 Å². The number of carbonyl (C=O) groups excluding carboxylic acids is 1. The summed E-state index contributed by atoms with van der Waals surface area (Å²) in [5, 5.41) is 8.23. The van der Waals surface area contributed by atoms with Crippen molar-refractivity contribution < 1.29 is 27.9 Å². The van der Waals surface area contributed by atoms with E-state index in [0.717, 1.165) is 0 Å². The lowest BCUT2D eigenvalue weighted by Crippen LogP contribution is -2.43. The number of hydrogen-bond donors (Lipinski definition) is 1. The molecule has 9 heteroatoms. The number of aliphatic carboxylic acids is 1. The molecule has 0 aliphatic carbocycles. The molecule has 0 aromatic heterocycles. The van der Waals surface area contributed by atoms with E-state index in [1.807, 2.05) is 0 Å². The van der Waals surface area contributed by atoms with E-state index in [1.165, 1.54) is 0 Å². The number of hydrogen-bond acceptors (Lipinski definition) is 3. The standard InChI is InChI=1S/C5H5F3NO3PS/c6-5(7,8)4(12)9(2-13-14)1-3(10)11/h1-2H2,(H,10,11). The average Bonchev–Trinajstić information content (AvgIpc) is 2.00. The molecule has 0 spiro atoms. The Morgan fingerprint density at radius 1 is 1.43 bits per heavy atom. The molecule has 0 bridgehead atoms. The second kappa shape index (κ2) is 5.21. The van der Waals surface area contributed by atoms with Gasteiger partial charge in [0.1, 0.15) is 6.54 Å². The molecule has 0 aromatic carbocycles. The first-order valence-corrected chi connectivity index (χ1v) is 5.25. The number of rotatable bonds is 4. The molecule has 0 saturated carbocycles. The molecule has 0 heterocycles. The molecule has 1 N–H and O–H groups in total. The molecule has 14 heavy (non-hydrogen) atoms. The Labute approximate surface area is 83.5 Å². The van der Waals surface area contributed by atoms with Crippen LogP contribution in [0.1, 0.15) is 0 Å². The summed E-state index contributed by atoms with van der Waals surface area (Å²) in [6.07, 6.45) is -5.49. The maximum absolute atomic E-state index is 11.9. The van der Waals surface area contributed by atoms with Crippen LogP contribution in [0.3, 0.4) is 0 Å². The molecule has 4 nitrogen and oxygen atoms in total. The van der Waals surface area contributed by atoms with Crippen molar-refractivity contribution in [2.45, 2.75) is 6.18 Å². The number of carbonyl (C=O) groups is 2. The summed E-state index contributed by atoms with van der Waals surface area (Å²) in [4.78, 5) is 20.8. The molecule has 1 amide bonds. The minimum Gasteiger partial charge on any atom is -0.480 e. The number of halogens is 3. The summed E-state index contributed by atoms with van der Waals surface area (Å²) in [5.41, 5.74) is 0. The highest BCUT2D eigenvalue weighted by atomic mass is 32.4. The molecular formula is C5H5F3NO3PS. The molecule has 0 rings (SSSR count). The summed E-state index contributed by atoms with van der Waals surface area (Å²) in [6, 6.07) is 0. The van der Waals surface area contributed by atoms with Gasteiger partial charge >= 0.3 is 18.1 Å². The normalized spacial score (nSPS) is 11.4. The van der Waals surface area contributed by atoms with Crippen molar-refractivity contribution in [2.75, 3.05) is 12.8 Å². The lowest BCUT2D eigenvalue weighted by atomic mass is 10.5. The van der Waals surface area contributed by atoms with Crippen LogP contribution in [0.25, 0.3) is 0 Å². The Hall–Kier alpha value is -0.750. The van der Waals surface area contributed by atoms with Crippen LogP contribution < -0.4 is 0 Å². The van der Waals surface area contributed by atoms with Gasteiger partial charge in [0.15, 0.2) is 0 Å². The van der Waals surface area contributed by atoms with Gasteiger partial charge in [-0.15, -0.1) is 0 Å². The number of nitrogens with zero attached hydrogens (tertiary/aromatic N) is 1. The Kier molecular flexibility index (Phi) is 4.93. The topological polar surface area (TPSA) is 57.6 Å². The average molecular weight is 247 g/mol. The second-order valence-electron chi connectivity index (χ2n) is 2.17. The SMILES string of the molecule is O=C(O)CN(CP=S)C(=O)C(F)(F)F. The van der Waals surface area contributed by atoms with E-state index >= 15 is 0 Å². The third-order valence-corrected chi connectivity index (χ3v) is 1.89. The maximum Gasteiger partial charge on any atom is 0.471 e. The fourth-order valence-electron chi connectivity index (χ4n) is 0.598. The van der Waals surface area contributed by atoms with E-state index in [0.29, 0.717) is 0 Å². The van der Waals surface area contributed by atoms with Gasteiger partial charge in [-0.1, -0.05) is 11.8 Å². The van der Waals surface area contributed by atoms with Gasteiger partial charge in [0.2, 0.25) is 0 Å². The van der Waals surface area contributed by atoms with Crippen LogP contribution in [-0.2, 0) is 21.4 Å². The first-order valence-electron chi connectivity index (χ1n) is 3.16. The Bertz CT molecular complexity index is 257. The minimum atomic E-state index is -5.06. The highest BCUT2D eigenvalue weighted by Gasteiger charge is 2.42. The molecule has 0 fully saturated rings. The van der Waals surface area contributed by atoms with Crippen molar-refractivity contribution in [1.82, 2.24) is 4.90 Å². The predicted octanol–water partition coefficient (Wildman–Crippen LogP) is 0.827. The molecule has 0 aromatic rings. The van der Waals surface area contributed by atoms with Gasteiger partial charge < -0.3 is 10.0 Å². The Balaban J connectivity index is 4.56.